The lowest BCUT2D eigenvalue weighted by Gasteiger charge is -2.25. The van der Waals surface area contributed by atoms with Gasteiger partial charge in [-0.05, 0) is 36.4 Å². The van der Waals surface area contributed by atoms with Gasteiger partial charge in [0.05, 0.1) is 26.2 Å². The summed E-state index contributed by atoms with van der Waals surface area (Å²) < 4.78 is 11.0. The van der Waals surface area contributed by atoms with E-state index in [4.69, 9.17) is 9.47 Å². The lowest BCUT2D eigenvalue weighted by Crippen LogP contribution is -2.39. The minimum Gasteiger partial charge on any atom is -0.457 e. The molecule has 1 saturated heterocycles. The van der Waals surface area contributed by atoms with E-state index in [0.29, 0.717) is 31.1 Å². The molecule has 0 atom stereocenters. The third-order valence-corrected chi connectivity index (χ3v) is 4.02. The van der Waals surface area contributed by atoms with Gasteiger partial charge in [-0.2, -0.15) is 0 Å². The van der Waals surface area contributed by atoms with E-state index < -0.39 is 0 Å². The number of benzene rings is 2. The van der Waals surface area contributed by atoms with Crippen molar-refractivity contribution < 1.29 is 19.1 Å². The smallest absolute Gasteiger partial charge is 0.170 e. The fraction of sp³-hybridized carbons (Fsp3) is 0.300. The molecule has 5 nitrogen and oxygen atoms in total. The van der Waals surface area contributed by atoms with Gasteiger partial charge < -0.3 is 9.47 Å². The van der Waals surface area contributed by atoms with Crippen LogP contribution in [0.25, 0.3) is 0 Å². The fourth-order valence-electron chi connectivity index (χ4n) is 2.68. The number of morpholine rings is 1. The fourth-order valence-corrected chi connectivity index (χ4v) is 2.68. The Morgan fingerprint density at radius 3 is 2.24 bits per heavy atom. The molecule has 0 spiro atoms. The molecule has 1 heterocycles. The molecule has 0 amide bonds. The van der Waals surface area contributed by atoms with Crippen LogP contribution < -0.4 is 4.74 Å². The minimum absolute atomic E-state index is 0.0588. The number of Topliss-reactive ketones (excluding diaryl/α,β-unsaturated/α-hetero) is 2. The summed E-state index contributed by atoms with van der Waals surface area (Å²) in [6.45, 7) is 3.08. The number of hydrogen-bond donors (Lipinski definition) is 0. The van der Waals surface area contributed by atoms with Crippen molar-refractivity contribution in [3.05, 3.63) is 60.2 Å². The molecule has 2 aromatic carbocycles. The number of rotatable bonds is 7. The summed E-state index contributed by atoms with van der Waals surface area (Å²) in [6, 6.07) is 16.3. The first-order chi connectivity index (χ1) is 12.2. The highest BCUT2D eigenvalue weighted by Crippen LogP contribution is 2.21. The van der Waals surface area contributed by atoms with Crippen LogP contribution in [0.5, 0.6) is 11.5 Å². The van der Waals surface area contributed by atoms with Gasteiger partial charge in [-0.15, -0.1) is 0 Å². The molecule has 0 aliphatic carbocycles. The van der Waals surface area contributed by atoms with Gasteiger partial charge >= 0.3 is 0 Å². The molecule has 0 unspecified atom stereocenters. The Morgan fingerprint density at radius 1 is 0.920 bits per heavy atom. The van der Waals surface area contributed by atoms with E-state index in [0.717, 1.165) is 18.8 Å². The number of nitrogens with zero attached hydrogens (tertiary/aromatic N) is 1. The first kappa shape index (κ1) is 17.3. The number of carbonyl (C=O) groups excluding carboxylic acids is 2. The molecule has 1 aliphatic rings. The third kappa shape index (κ3) is 5.24. The standard InChI is InChI=1S/C20H21NO4/c22-17(15-21-10-12-24-13-11-21)14-20(23)16-6-8-19(9-7-16)25-18-4-2-1-3-5-18/h1-9H,10-15H2. The van der Waals surface area contributed by atoms with Crippen LogP contribution in [0.1, 0.15) is 16.8 Å². The molecule has 3 rings (SSSR count). The van der Waals surface area contributed by atoms with E-state index in [1.54, 1.807) is 24.3 Å². The average molecular weight is 339 g/mol. The number of carbonyl (C=O) groups is 2. The quantitative estimate of drug-likeness (QED) is 0.573. The zero-order valence-electron chi connectivity index (χ0n) is 14.0. The molecule has 2 aromatic rings. The van der Waals surface area contributed by atoms with Gasteiger partial charge in [-0.3, -0.25) is 14.5 Å². The third-order valence-electron chi connectivity index (χ3n) is 4.02. The van der Waals surface area contributed by atoms with E-state index in [1.165, 1.54) is 0 Å². The molecule has 0 aromatic heterocycles. The highest BCUT2D eigenvalue weighted by atomic mass is 16.5. The summed E-state index contributed by atoms with van der Waals surface area (Å²) in [6.07, 6.45) is -0.0732. The van der Waals surface area contributed by atoms with Crippen LogP contribution in [-0.2, 0) is 9.53 Å². The number of para-hydroxylation sites is 1. The lowest BCUT2D eigenvalue weighted by molar-refractivity contribution is -0.120. The first-order valence-electron chi connectivity index (χ1n) is 8.39. The lowest BCUT2D eigenvalue weighted by atomic mass is 10.1. The Hall–Kier alpha value is -2.50. The van der Waals surface area contributed by atoms with Gasteiger partial charge in [0, 0.05) is 18.7 Å². The summed E-state index contributed by atoms with van der Waals surface area (Å²) in [5.41, 5.74) is 0.524. The zero-order chi connectivity index (χ0) is 17.5. The minimum atomic E-state index is -0.162. The largest absolute Gasteiger partial charge is 0.457 e. The maximum Gasteiger partial charge on any atom is 0.170 e. The number of ketones is 2. The highest BCUT2D eigenvalue weighted by Gasteiger charge is 2.17. The topological polar surface area (TPSA) is 55.8 Å². The molecule has 0 radical (unpaired) electrons. The Morgan fingerprint density at radius 2 is 1.56 bits per heavy atom. The zero-order valence-corrected chi connectivity index (χ0v) is 14.0. The maximum absolute atomic E-state index is 12.3. The Balaban J connectivity index is 1.52. The SMILES string of the molecule is O=C(CC(=O)c1ccc(Oc2ccccc2)cc1)CN1CCOCC1. The van der Waals surface area contributed by atoms with Crippen molar-refractivity contribution in [1.29, 1.82) is 0 Å². The average Bonchev–Trinajstić information content (AvgIpc) is 2.64. The predicted molar refractivity (Wildman–Crippen MR) is 94.2 cm³/mol. The van der Waals surface area contributed by atoms with E-state index in [2.05, 4.69) is 0 Å². The summed E-state index contributed by atoms with van der Waals surface area (Å²) in [5, 5.41) is 0. The van der Waals surface area contributed by atoms with Gasteiger partial charge in [0.1, 0.15) is 11.5 Å². The predicted octanol–water partition coefficient (Wildman–Crippen LogP) is 2.95. The summed E-state index contributed by atoms with van der Waals surface area (Å²) in [7, 11) is 0. The molecule has 0 N–H and O–H groups in total. The summed E-state index contributed by atoms with van der Waals surface area (Å²) >= 11 is 0. The Labute approximate surface area is 147 Å². The summed E-state index contributed by atoms with van der Waals surface area (Å²) in [5.74, 6) is 1.17. The van der Waals surface area contributed by atoms with E-state index in [9.17, 15) is 9.59 Å². The van der Waals surface area contributed by atoms with E-state index in [1.807, 2.05) is 35.2 Å². The maximum atomic E-state index is 12.3. The second-order valence-corrected chi connectivity index (χ2v) is 5.97. The van der Waals surface area contributed by atoms with Crippen LogP contribution in [0, 0.1) is 0 Å². The summed E-state index contributed by atoms with van der Waals surface area (Å²) in [4.78, 5) is 26.4. The van der Waals surface area contributed by atoms with Crippen molar-refractivity contribution in [3.63, 3.8) is 0 Å². The molecule has 1 fully saturated rings. The number of ether oxygens (including phenoxy) is 2. The normalized spacial score (nSPS) is 14.9. The Bertz CT molecular complexity index is 706. The number of hydrogen-bond acceptors (Lipinski definition) is 5. The van der Waals surface area contributed by atoms with Crippen molar-refractivity contribution in [2.24, 2.45) is 0 Å². The Kier molecular flexibility index (Phi) is 5.93. The van der Waals surface area contributed by atoms with Crippen molar-refractivity contribution in [2.75, 3.05) is 32.8 Å². The van der Waals surface area contributed by atoms with E-state index in [-0.39, 0.29) is 18.0 Å². The molecular formula is C20H21NO4. The molecule has 130 valence electrons. The monoisotopic (exact) mass is 339 g/mol. The molecule has 5 heteroatoms. The van der Waals surface area contributed by atoms with Crippen LogP contribution in [0.15, 0.2) is 54.6 Å². The first-order valence-corrected chi connectivity index (χ1v) is 8.39. The van der Waals surface area contributed by atoms with Crippen molar-refractivity contribution in [3.8, 4) is 11.5 Å². The van der Waals surface area contributed by atoms with Crippen LogP contribution in [-0.4, -0.2) is 49.3 Å². The second kappa shape index (κ2) is 8.55. The van der Waals surface area contributed by atoms with Gasteiger partial charge in [0.25, 0.3) is 0 Å². The highest BCUT2D eigenvalue weighted by molar-refractivity contribution is 6.08. The second-order valence-electron chi connectivity index (χ2n) is 5.97. The molecule has 0 saturated carbocycles. The van der Waals surface area contributed by atoms with Crippen molar-refractivity contribution >= 4 is 11.6 Å². The van der Waals surface area contributed by atoms with Gasteiger partial charge in [-0.25, -0.2) is 0 Å². The molecule has 0 bridgehead atoms. The van der Waals surface area contributed by atoms with Crippen LogP contribution >= 0.6 is 0 Å². The van der Waals surface area contributed by atoms with Crippen LogP contribution in [0.3, 0.4) is 0 Å². The van der Waals surface area contributed by atoms with Gasteiger partial charge in [-0.1, -0.05) is 18.2 Å². The van der Waals surface area contributed by atoms with Crippen molar-refractivity contribution in [2.45, 2.75) is 6.42 Å². The molecule has 1 aliphatic heterocycles. The molecular weight excluding hydrogens is 318 g/mol. The van der Waals surface area contributed by atoms with Crippen LogP contribution in [0.4, 0.5) is 0 Å². The van der Waals surface area contributed by atoms with Gasteiger partial charge in [0.2, 0.25) is 0 Å². The van der Waals surface area contributed by atoms with Gasteiger partial charge in [0.15, 0.2) is 11.6 Å². The van der Waals surface area contributed by atoms with Crippen LogP contribution in [0.2, 0.25) is 0 Å². The van der Waals surface area contributed by atoms with E-state index >= 15 is 0 Å². The van der Waals surface area contributed by atoms with Crippen molar-refractivity contribution in [1.82, 2.24) is 4.90 Å². The molecule has 25 heavy (non-hydrogen) atoms.